The molecule has 2 heterocycles. The Morgan fingerprint density at radius 2 is 2.09 bits per heavy atom. The summed E-state index contributed by atoms with van der Waals surface area (Å²) in [6.45, 7) is 8.68. The van der Waals surface area contributed by atoms with Gasteiger partial charge in [-0.1, -0.05) is 13.3 Å². The number of hydrogen-bond donors (Lipinski definition) is 1. The van der Waals surface area contributed by atoms with Gasteiger partial charge < -0.3 is 10.2 Å². The van der Waals surface area contributed by atoms with Crippen LogP contribution in [0.1, 0.15) is 58.8 Å². The lowest BCUT2D eigenvalue weighted by molar-refractivity contribution is -0.127. The van der Waals surface area contributed by atoms with E-state index in [1.54, 1.807) is 0 Å². The van der Waals surface area contributed by atoms with E-state index in [0.29, 0.717) is 6.04 Å². The molecule has 1 amide bonds. The quantitative estimate of drug-likeness (QED) is 0.734. The summed E-state index contributed by atoms with van der Waals surface area (Å²) in [7, 11) is 2.25. The van der Waals surface area contributed by atoms with Crippen LogP contribution in [0.4, 0.5) is 0 Å². The molecule has 2 aliphatic heterocycles. The highest BCUT2D eigenvalue weighted by Crippen LogP contribution is 2.24. The Balaban J connectivity index is 1.76. The van der Waals surface area contributed by atoms with Gasteiger partial charge in [-0.05, 0) is 65.6 Å². The van der Waals surface area contributed by atoms with E-state index in [2.05, 4.69) is 36.0 Å². The number of likely N-dealkylation sites (tertiary alicyclic amines) is 2. The van der Waals surface area contributed by atoms with Crippen LogP contribution in [-0.2, 0) is 4.79 Å². The molecule has 0 unspecified atom stereocenters. The third-order valence-electron chi connectivity index (χ3n) is 5.63. The van der Waals surface area contributed by atoms with Gasteiger partial charge in [0.1, 0.15) is 0 Å². The lowest BCUT2D eigenvalue weighted by Gasteiger charge is -2.38. The van der Waals surface area contributed by atoms with E-state index >= 15 is 0 Å². The van der Waals surface area contributed by atoms with Gasteiger partial charge in [-0.3, -0.25) is 9.69 Å². The summed E-state index contributed by atoms with van der Waals surface area (Å²) >= 11 is 0. The number of amides is 1. The molecule has 2 rings (SSSR count). The number of hydrogen-bond acceptors (Lipinski definition) is 3. The van der Waals surface area contributed by atoms with Gasteiger partial charge in [0.05, 0.1) is 5.92 Å². The van der Waals surface area contributed by atoms with E-state index in [-0.39, 0.29) is 11.8 Å². The second-order valence-corrected chi connectivity index (χ2v) is 7.33. The van der Waals surface area contributed by atoms with Crippen LogP contribution in [0.15, 0.2) is 0 Å². The maximum Gasteiger partial charge on any atom is 0.224 e. The Labute approximate surface area is 136 Å². The lowest BCUT2D eigenvalue weighted by atomic mass is 9.92. The molecule has 4 nitrogen and oxygen atoms in total. The van der Waals surface area contributed by atoms with Crippen LogP contribution in [-0.4, -0.2) is 61.0 Å². The van der Waals surface area contributed by atoms with Gasteiger partial charge in [-0.25, -0.2) is 0 Å². The van der Waals surface area contributed by atoms with Crippen molar-refractivity contribution < 1.29 is 4.79 Å². The minimum atomic E-state index is 0.203. The van der Waals surface area contributed by atoms with Gasteiger partial charge >= 0.3 is 0 Å². The van der Waals surface area contributed by atoms with Crippen molar-refractivity contribution in [2.24, 2.45) is 5.92 Å². The zero-order chi connectivity index (χ0) is 15.9. The summed E-state index contributed by atoms with van der Waals surface area (Å²) in [5.41, 5.74) is 0. The highest BCUT2D eigenvalue weighted by molar-refractivity contribution is 5.78. The number of carbonyl (C=O) groups excluding carboxylic acids is 1. The number of rotatable bonds is 7. The van der Waals surface area contributed by atoms with Crippen LogP contribution >= 0.6 is 0 Å². The normalized spacial score (nSPS) is 30.6. The average molecular weight is 309 g/mol. The maximum absolute atomic E-state index is 12.3. The first-order valence-electron chi connectivity index (χ1n) is 9.33. The Morgan fingerprint density at radius 1 is 1.27 bits per heavy atom. The average Bonchev–Trinajstić information content (AvgIpc) is 2.92. The van der Waals surface area contributed by atoms with E-state index in [4.69, 9.17) is 0 Å². The van der Waals surface area contributed by atoms with E-state index < -0.39 is 0 Å². The van der Waals surface area contributed by atoms with Crippen molar-refractivity contribution >= 4 is 5.91 Å². The highest BCUT2D eigenvalue weighted by Gasteiger charge is 2.30. The topological polar surface area (TPSA) is 35.6 Å². The van der Waals surface area contributed by atoms with Crippen molar-refractivity contribution in [3.8, 4) is 0 Å². The van der Waals surface area contributed by atoms with Crippen LogP contribution < -0.4 is 5.32 Å². The molecule has 0 saturated carbocycles. The van der Waals surface area contributed by atoms with E-state index in [1.165, 1.54) is 25.8 Å². The van der Waals surface area contributed by atoms with Gasteiger partial charge in [-0.15, -0.1) is 0 Å². The summed E-state index contributed by atoms with van der Waals surface area (Å²) in [6.07, 6.45) is 8.39. The molecule has 0 bridgehead atoms. The SMILES string of the molecule is CCCCNC(=O)[C@@H]1CC[C@H](C)N(CC[C@H]2CCCN2C)C1. The van der Waals surface area contributed by atoms with Crippen LogP contribution in [0.25, 0.3) is 0 Å². The molecule has 0 aromatic carbocycles. The van der Waals surface area contributed by atoms with Crippen molar-refractivity contribution in [2.75, 3.05) is 33.2 Å². The fourth-order valence-electron chi connectivity index (χ4n) is 3.90. The first-order chi connectivity index (χ1) is 10.6. The summed E-state index contributed by atoms with van der Waals surface area (Å²) in [4.78, 5) is 17.4. The lowest BCUT2D eigenvalue weighted by Crippen LogP contribution is -2.48. The summed E-state index contributed by atoms with van der Waals surface area (Å²) < 4.78 is 0. The molecule has 2 saturated heterocycles. The van der Waals surface area contributed by atoms with Crippen LogP contribution in [0.2, 0.25) is 0 Å². The Bertz CT molecular complexity index is 347. The van der Waals surface area contributed by atoms with Gasteiger partial charge in [-0.2, -0.15) is 0 Å². The summed E-state index contributed by atoms with van der Waals surface area (Å²) in [5.74, 6) is 0.484. The fraction of sp³-hybridized carbons (Fsp3) is 0.944. The van der Waals surface area contributed by atoms with Gasteiger partial charge in [0.25, 0.3) is 0 Å². The predicted molar refractivity (Wildman–Crippen MR) is 91.9 cm³/mol. The highest BCUT2D eigenvalue weighted by atomic mass is 16.1. The molecular formula is C18H35N3O. The van der Waals surface area contributed by atoms with E-state index in [1.807, 2.05) is 0 Å². The second-order valence-electron chi connectivity index (χ2n) is 7.33. The zero-order valence-electron chi connectivity index (χ0n) is 14.8. The van der Waals surface area contributed by atoms with Gasteiger partial charge in [0, 0.05) is 25.2 Å². The largest absolute Gasteiger partial charge is 0.356 e. The minimum absolute atomic E-state index is 0.203. The van der Waals surface area contributed by atoms with Crippen LogP contribution in [0.3, 0.4) is 0 Å². The Hall–Kier alpha value is -0.610. The molecule has 0 spiro atoms. The zero-order valence-corrected chi connectivity index (χ0v) is 14.8. The first kappa shape index (κ1) is 17.7. The molecule has 0 radical (unpaired) electrons. The first-order valence-corrected chi connectivity index (χ1v) is 9.33. The number of carbonyl (C=O) groups is 1. The number of nitrogens with one attached hydrogen (secondary N) is 1. The molecule has 2 aliphatic rings. The van der Waals surface area contributed by atoms with Crippen LogP contribution in [0.5, 0.6) is 0 Å². The number of unbranched alkanes of at least 4 members (excludes halogenated alkanes) is 1. The van der Waals surface area contributed by atoms with Crippen molar-refractivity contribution in [3.05, 3.63) is 0 Å². The van der Waals surface area contributed by atoms with E-state index in [0.717, 1.165) is 51.4 Å². The summed E-state index contributed by atoms with van der Waals surface area (Å²) in [6, 6.07) is 1.39. The molecule has 0 aromatic heterocycles. The Kier molecular flexibility index (Phi) is 7.16. The van der Waals surface area contributed by atoms with Crippen LogP contribution in [0, 0.1) is 5.92 Å². The third-order valence-corrected chi connectivity index (χ3v) is 5.63. The molecule has 128 valence electrons. The van der Waals surface area contributed by atoms with Crippen molar-refractivity contribution in [1.82, 2.24) is 15.1 Å². The van der Waals surface area contributed by atoms with Crippen molar-refractivity contribution in [2.45, 2.75) is 70.9 Å². The molecular weight excluding hydrogens is 274 g/mol. The third kappa shape index (κ3) is 4.95. The summed E-state index contributed by atoms with van der Waals surface area (Å²) in [5, 5.41) is 3.12. The fourth-order valence-corrected chi connectivity index (χ4v) is 3.90. The maximum atomic E-state index is 12.3. The van der Waals surface area contributed by atoms with Gasteiger partial charge in [0.2, 0.25) is 5.91 Å². The number of nitrogens with zero attached hydrogens (tertiary/aromatic N) is 2. The second kappa shape index (κ2) is 8.88. The smallest absolute Gasteiger partial charge is 0.224 e. The van der Waals surface area contributed by atoms with Gasteiger partial charge in [0.15, 0.2) is 0 Å². The van der Waals surface area contributed by atoms with Crippen molar-refractivity contribution in [1.29, 1.82) is 0 Å². The molecule has 0 aliphatic carbocycles. The molecule has 4 heteroatoms. The van der Waals surface area contributed by atoms with Crippen molar-refractivity contribution in [3.63, 3.8) is 0 Å². The molecule has 1 N–H and O–H groups in total. The molecule has 22 heavy (non-hydrogen) atoms. The standard InChI is InChI=1S/C18H35N3O/c1-4-5-11-19-18(22)16-9-8-15(2)21(14-16)13-10-17-7-6-12-20(17)3/h15-17H,4-14H2,1-3H3,(H,19,22)/t15-,16+,17+/m0/s1. The number of piperidine rings is 1. The van der Waals surface area contributed by atoms with E-state index in [9.17, 15) is 4.79 Å². The monoisotopic (exact) mass is 309 g/mol. The molecule has 2 fully saturated rings. The molecule has 0 aromatic rings. The minimum Gasteiger partial charge on any atom is -0.356 e. The molecule has 3 atom stereocenters. The Morgan fingerprint density at radius 3 is 2.77 bits per heavy atom. The predicted octanol–water partition coefficient (Wildman–Crippen LogP) is 2.49.